The van der Waals surface area contributed by atoms with Crippen LogP contribution >= 0.6 is 46.7 Å². The minimum Gasteiger partial charge on any atom is -0.312 e. The Morgan fingerprint density at radius 1 is 1.32 bits per heavy atom. The van der Waals surface area contributed by atoms with Crippen molar-refractivity contribution >= 4 is 46.7 Å². The van der Waals surface area contributed by atoms with Crippen LogP contribution in [-0.2, 0) is 0 Å². The Hall–Kier alpha value is 0.460. The Bertz CT molecular complexity index is 428. The number of thioether (sulfide) groups is 2. The SMILES string of the molecule is CCC1SCCSC1C(NC)c1cc(Cl)ccc1Cl. The molecule has 3 unspecified atom stereocenters. The summed E-state index contributed by atoms with van der Waals surface area (Å²) < 4.78 is 0. The van der Waals surface area contributed by atoms with Crippen LogP contribution in [0.2, 0.25) is 10.0 Å². The van der Waals surface area contributed by atoms with Gasteiger partial charge in [-0.1, -0.05) is 30.1 Å². The fourth-order valence-electron chi connectivity index (χ4n) is 2.50. The molecule has 1 nitrogen and oxygen atoms in total. The van der Waals surface area contributed by atoms with Crippen molar-refractivity contribution in [1.82, 2.24) is 5.32 Å². The van der Waals surface area contributed by atoms with Gasteiger partial charge in [0.05, 0.1) is 0 Å². The molecule has 0 spiro atoms. The highest BCUT2D eigenvalue weighted by Crippen LogP contribution is 2.42. The third kappa shape index (κ3) is 3.76. The minimum atomic E-state index is 0.258. The third-order valence-electron chi connectivity index (χ3n) is 3.43. The van der Waals surface area contributed by atoms with Gasteiger partial charge in [-0.3, -0.25) is 0 Å². The molecule has 0 bridgehead atoms. The van der Waals surface area contributed by atoms with E-state index < -0.39 is 0 Å². The highest BCUT2D eigenvalue weighted by molar-refractivity contribution is 8.07. The van der Waals surface area contributed by atoms with Gasteiger partial charge in [-0.05, 0) is 37.2 Å². The zero-order valence-corrected chi connectivity index (χ0v) is 14.3. The summed E-state index contributed by atoms with van der Waals surface area (Å²) in [5.74, 6) is 2.46. The molecule has 1 aliphatic rings. The Labute approximate surface area is 134 Å². The average molecular weight is 336 g/mol. The van der Waals surface area contributed by atoms with E-state index in [0.717, 1.165) is 15.6 Å². The lowest BCUT2D eigenvalue weighted by Crippen LogP contribution is -2.37. The molecule has 0 aromatic heterocycles. The summed E-state index contributed by atoms with van der Waals surface area (Å²) in [6.45, 7) is 2.27. The Morgan fingerprint density at radius 2 is 2.05 bits per heavy atom. The van der Waals surface area contributed by atoms with Crippen molar-refractivity contribution in [1.29, 1.82) is 0 Å². The molecule has 0 amide bonds. The summed E-state index contributed by atoms with van der Waals surface area (Å²) in [5.41, 5.74) is 1.12. The molecule has 1 aliphatic heterocycles. The van der Waals surface area contributed by atoms with Gasteiger partial charge in [0.15, 0.2) is 0 Å². The van der Waals surface area contributed by atoms with Crippen molar-refractivity contribution in [3.63, 3.8) is 0 Å². The lowest BCUT2D eigenvalue weighted by atomic mass is 10.00. The summed E-state index contributed by atoms with van der Waals surface area (Å²) in [4.78, 5) is 0. The highest BCUT2D eigenvalue weighted by Gasteiger charge is 2.33. The van der Waals surface area contributed by atoms with E-state index >= 15 is 0 Å². The van der Waals surface area contributed by atoms with Gasteiger partial charge in [0.1, 0.15) is 0 Å². The van der Waals surface area contributed by atoms with Crippen molar-refractivity contribution in [3.8, 4) is 0 Å². The predicted molar refractivity (Wildman–Crippen MR) is 91.0 cm³/mol. The van der Waals surface area contributed by atoms with Crippen molar-refractivity contribution in [2.45, 2.75) is 29.9 Å². The van der Waals surface area contributed by atoms with Crippen LogP contribution in [0, 0.1) is 0 Å². The standard InChI is InChI=1S/C14H19Cl2NS2/c1-3-12-14(19-7-6-18-12)13(17-2)10-8-9(15)4-5-11(10)16/h4-5,8,12-14,17H,3,6-7H2,1-2H3. The topological polar surface area (TPSA) is 12.0 Å². The van der Waals surface area contributed by atoms with Crippen LogP contribution in [0.25, 0.3) is 0 Å². The quantitative estimate of drug-likeness (QED) is 0.841. The zero-order valence-electron chi connectivity index (χ0n) is 11.2. The fourth-order valence-corrected chi connectivity index (χ4v) is 6.19. The Morgan fingerprint density at radius 3 is 2.74 bits per heavy atom. The van der Waals surface area contributed by atoms with Crippen molar-refractivity contribution in [3.05, 3.63) is 33.8 Å². The van der Waals surface area contributed by atoms with Crippen LogP contribution in [0.15, 0.2) is 18.2 Å². The van der Waals surface area contributed by atoms with Crippen molar-refractivity contribution in [2.75, 3.05) is 18.6 Å². The van der Waals surface area contributed by atoms with Gasteiger partial charge in [-0.15, -0.1) is 0 Å². The smallest absolute Gasteiger partial charge is 0.0464 e. The summed E-state index contributed by atoms with van der Waals surface area (Å²) in [5, 5.41) is 6.21. The normalized spacial score (nSPS) is 25.3. The van der Waals surface area contributed by atoms with Crippen LogP contribution in [0.4, 0.5) is 0 Å². The molecule has 1 N–H and O–H groups in total. The van der Waals surface area contributed by atoms with Gasteiger partial charge in [-0.2, -0.15) is 23.5 Å². The summed E-state index contributed by atoms with van der Waals surface area (Å²) >= 11 is 16.6. The van der Waals surface area contributed by atoms with E-state index in [9.17, 15) is 0 Å². The lowest BCUT2D eigenvalue weighted by molar-refractivity contribution is 0.544. The Kier molecular flexibility index (Phi) is 6.22. The first-order valence-electron chi connectivity index (χ1n) is 6.52. The summed E-state index contributed by atoms with van der Waals surface area (Å²) in [6, 6.07) is 6.00. The molecule has 106 valence electrons. The predicted octanol–water partition coefficient (Wildman–Crippen LogP) is 4.88. The molecule has 1 aromatic carbocycles. The molecule has 3 atom stereocenters. The van der Waals surface area contributed by atoms with Crippen molar-refractivity contribution in [2.24, 2.45) is 0 Å². The third-order valence-corrected chi connectivity index (χ3v) is 7.36. The fraction of sp³-hybridized carbons (Fsp3) is 0.571. The second-order valence-electron chi connectivity index (χ2n) is 4.59. The number of benzene rings is 1. The van der Waals surface area contributed by atoms with E-state index in [2.05, 4.69) is 35.8 Å². The van der Waals surface area contributed by atoms with Gasteiger partial charge < -0.3 is 5.32 Å². The number of halogens is 2. The lowest BCUT2D eigenvalue weighted by Gasteiger charge is -2.36. The average Bonchev–Trinajstić information content (AvgIpc) is 2.44. The van der Waals surface area contributed by atoms with Crippen LogP contribution in [0.5, 0.6) is 0 Å². The maximum Gasteiger partial charge on any atom is 0.0464 e. The largest absolute Gasteiger partial charge is 0.312 e. The molecule has 1 heterocycles. The van der Waals surface area contributed by atoms with Gasteiger partial charge in [0.25, 0.3) is 0 Å². The van der Waals surface area contributed by atoms with Crippen LogP contribution in [-0.4, -0.2) is 29.1 Å². The number of nitrogens with one attached hydrogen (secondary N) is 1. The van der Waals surface area contributed by atoms with Crippen LogP contribution in [0.1, 0.15) is 24.9 Å². The minimum absolute atomic E-state index is 0.258. The molecule has 0 saturated carbocycles. The highest BCUT2D eigenvalue weighted by atomic mass is 35.5. The van der Waals surface area contributed by atoms with E-state index in [1.807, 2.05) is 25.2 Å². The first kappa shape index (κ1) is 15.8. The molecule has 0 radical (unpaired) electrons. The maximum absolute atomic E-state index is 6.37. The maximum atomic E-state index is 6.37. The van der Waals surface area contributed by atoms with E-state index in [1.54, 1.807) is 0 Å². The molecule has 19 heavy (non-hydrogen) atoms. The second-order valence-corrected chi connectivity index (χ2v) is 8.06. The molecule has 1 saturated heterocycles. The van der Waals surface area contributed by atoms with Gasteiger partial charge >= 0.3 is 0 Å². The van der Waals surface area contributed by atoms with Crippen molar-refractivity contribution < 1.29 is 0 Å². The first-order chi connectivity index (χ1) is 9.17. The second kappa shape index (κ2) is 7.46. The van der Waals surface area contributed by atoms with Gasteiger partial charge in [0, 0.05) is 38.1 Å². The molecule has 1 aromatic rings. The monoisotopic (exact) mass is 335 g/mol. The summed E-state index contributed by atoms with van der Waals surface area (Å²) in [7, 11) is 2.01. The summed E-state index contributed by atoms with van der Waals surface area (Å²) in [6.07, 6.45) is 1.19. The van der Waals surface area contributed by atoms with Gasteiger partial charge in [0.2, 0.25) is 0 Å². The van der Waals surface area contributed by atoms with E-state index in [4.69, 9.17) is 23.2 Å². The van der Waals surface area contributed by atoms with Crippen LogP contribution in [0.3, 0.4) is 0 Å². The van der Waals surface area contributed by atoms with E-state index in [1.165, 1.54) is 17.9 Å². The number of hydrogen-bond acceptors (Lipinski definition) is 3. The van der Waals surface area contributed by atoms with Crippen LogP contribution < -0.4 is 5.32 Å². The first-order valence-corrected chi connectivity index (χ1v) is 9.38. The van der Waals surface area contributed by atoms with E-state index in [0.29, 0.717) is 10.5 Å². The van der Waals surface area contributed by atoms with Gasteiger partial charge in [-0.25, -0.2) is 0 Å². The van der Waals surface area contributed by atoms with E-state index in [-0.39, 0.29) is 6.04 Å². The molecule has 2 rings (SSSR count). The molecule has 0 aliphatic carbocycles. The molecular weight excluding hydrogens is 317 g/mol. The molecular formula is C14H19Cl2NS2. The number of rotatable bonds is 4. The zero-order chi connectivity index (χ0) is 13.8. The Balaban J connectivity index is 2.29. The molecule has 1 fully saturated rings. The number of hydrogen-bond donors (Lipinski definition) is 1. The molecule has 5 heteroatoms.